The minimum Gasteiger partial charge on any atom is -0.481 e. The predicted molar refractivity (Wildman–Crippen MR) is 73.5 cm³/mol. The zero-order valence-corrected chi connectivity index (χ0v) is 11.6. The summed E-state index contributed by atoms with van der Waals surface area (Å²) < 4.78 is 0. The van der Waals surface area contributed by atoms with Gasteiger partial charge in [-0.05, 0) is 26.2 Å². The number of amides is 1. The lowest BCUT2D eigenvalue weighted by Crippen LogP contribution is -2.37. The van der Waals surface area contributed by atoms with Gasteiger partial charge < -0.3 is 10.5 Å². The number of ketones is 1. The number of carboxylic acids is 1. The number of unbranched alkanes of at least 4 members (excludes halogenated alkanes) is 1. The van der Waals surface area contributed by atoms with Gasteiger partial charge >= 0.3 is 5.97 Å². The van der Waals surface area contributed by atoms with Gasteiger partial charge in [-0.25, -0.2) is 0 Å². The lowest BCUT2D eigenvalue weighted by molar-refractivity contribution is -0.137. The molecule has 0 radical (unpaired) electrons. The minimum absolute atomic E-state index is 0.0632. The van der Waals surface area contributed by atoms with Gasteiger partial charge in [0, 0.05) is 30.5 Å². The summed E-state index contributed by atoms with van der Waals surface area (Å²) in [7, 11) is 0. The van der Waals surface area contributed by atoms with Crippen LogP contribution in [-0.4, -0.2) is 22.8 Å². The van der Waals surface area contributed by atoms with Crippen LogP contribution in [0.25, 0.3) is 0 Å². The molecule has 0 aromatic carbocycles. The first-order chi connectivity index (χ1) is 9.50. The van der Waals surface area contributed by atoms with E-state index in [0.29, 0.717) is 30.5 Å². The Balaban J connectivity index is 2.31. The van der Waals surface area contributed by atoms with Crippen LogP contribution < -0.4 is 10.9 Å². The van der Waals surface area contributed by atoms with E-state index < -0.39 is 5.97 Å². The number of hydrazine groups is 1. The number of carboxylic acid groups (broad SMARTS) is 1. The second-order valence-electron chi connectivity index (χ2n) is 4.68. The standard InChI is InChI=1S/C14H20N2O4/c1-10(11-6-2-3-7-12(11)17)15-16-13(18)8-4-5-9-14(19)20/h2,6,15H,3-5,7-9H2,1H3,(H,16,18)(H,19,20). The van der Waals surface area contributed by atoms with Crippen LogP contribution in [0.5, 0.6) is 0 Å². The average molecular weight is 280 g/mol. The first-order valence-electron chi connectivity index (χ1n) is 6.68. The molecule has 0 aromatic rings. The zero-order chi connectivity index (χ0) is 15.0. The van der Waals surface area contributed by atoms with Crippen LogP contribution in [0.1, 0.15) is 45.4 Å². The average Bonchev–Trinajstić information content (AvgIpc) is 2.41. The summed E-state index contributed by atoms with van der Waals surface area (Å²) in [5.41, 5.74) is 6.43. The van der Waals surface area contributed by atoms with E-state index in [1.165, 1.54) is 0 Å². The number of carbonyl (C=O) groups is 3. The molecule has 0 atom stereocenters. The van der Waals surface area contributed by atoms with Crippen molar-refractivity contribution in [1.82, 2.24) is 10.9 Å². The molecule has 1 rings (SSSR count). The maximum absolute atomic E-state index is 11.6. The monoisotopic (exact) mass is 280 g/mol. The highest BCUT2D eigenvalue weighted by atomic mass is 16.4. The summed E-state index contributed by atoms with van der Waals surface area (Å²) in [5.74, 6) is -1.01. The first kappa shape index (κ1) is 15.9. The molecule has 6 heteroatoms. The number of hydrogen-bond acceptors (Lipinski definition) is 4. The molecule has 0 aliphatic heterocycles. The molecular formula is C14H20N2O4. The molecule has 6 nitrogen and oxygen atoms in total. The van der Waals surface area contributed by atoms with Gasteiger partial charge in [0.2, 0.25) is 5.91 Å². The summed E-state index contributed by atoms with van der Waals surface area (Å²) in [6.45, 7) is 1.73. The van der Waals surface area contributed by atoms with Crippen molar-refractivity contribution < 1.29 is 19.5 Å². The van der Waals surface area contributed by atoms with Crippen molar-refractivity contribution in [1.29, 1.82) is 0 Å². The first-order valence-corrected chi connectivity index (χ1v) is 6.68. The van der Waals surface area contributed by atoms with Crippen LogP contribution in [-0.2, 0) is 14.4 Å². The highest BCUT2D eigenvalue weighted by Crippen LogP contribution is 2.14. The van der Waals surface area contributed by atoms with E-state index in [1.807, 2.05) is 6.08 Å². The number of hydrogen-bond donors (Lipinski definition) is 3. The van der Waals surface area contributed by atoms with Crippen LogP contribution in [0.2, 0.25) is 0 Å². The SMILES string of the molecule is CC(NNC(=O)CCCCC(=O)O)=C1C=CCCC1=O. The molecule has 0 heterocycles. The molecule has 20 heavy (non-hydrogen) atoms. The Bertz CT molecular complexity index is 452. The van der Waals surface area contributed by atoms with Crippen molar-refractivity contribution in [2.24, 2.45) is 0 Å². The van der Waals surface area contributed by atoms with Crippen LogP contribution in [0.4, 0.5) is 0 Å². The normalized spacial score (nSPS) is 16.8. The van der Waals surface area contributed by atoms with Crippen molar-refractivity contribution in [3.8, 4) is 0 Å². The van der Waals surface area contributed by atoms with E-state index in [-0.39, 0.29) is 24.5 Å². The van der Waals surface area contributed by atoms with Gasteiger partial charge in [-0.2, -0.15) is 0 Å². The summed E-state index contributed by atoms with van der Waals surface area (Å²) >= 11 is 0. The zero-order valence-electron chi connectivity index (χ0n) is 11.6. The largest absolute Gasteiger partial charge is 0.481 e. The number of allylic oxidation sites excluding steroid dienone is 4. The fourth-order valence-electron chi connectivity index (χ4n) is 1.83. The van der Waals surface area contributed by atoms with Crippen molar-refractivity contribution >= 4 is 17.7 Å². The molecule has 1 amide bonds. The number of aliphatic carboxylic acids is 1. The maximum atomic E-state index is 11.6. The third-order valence-electron chi connectivity index (χ3n) is 2.96. The third-order valence-corrected chi connectivity index (χ3v) is 2.96. The summed E-state index contributed by atoms with van der Waals surface area (Å²) in [4.78, 5) is 33.5. The molecular weight excluding hydrogens is 260 g/mol. The molecule has 110 valence electrons. The molecule has 0 saturated heterocycles. The van der Waals surface area contributed by atoms with Gasteiger partial charge in [0.05, 0.1) is 0 Å². The Morgan fingerprint density at radius 3 is 2.60 bits per heavy atom. The second kappa shape index (κ2) is 8.14. The van der Waals surface area contributed by atoms with E-state index in [4.69, 9.17) is 5.11 Å². The molecule has 0 saturated carbocycles. The lowest BCUT2D eigenvalue weighted by Gasteiger charge is -2.13. The van der Waals surface area contributed by atoms with E-state index in [1.54, 1.807) is 13.0 Å². The Labute approximate surface area is 117 Å². The highest BCUT2D eigenvalue weighted by Gasteiger charge is 2.13. The highest BCUT2D eigenvalue weighted by molar-refractivity contribution is 5.99. The second-order valence-corrected chi connectivity index (χ2v) is 4.68. The summed E-state index contributed by atoms with van der Waals surface area (Å²) in [6.07, 6.45) is 6.26. The molecule has 0 unspecified atom stereocenters. The van der Waals surface area contributed by atoms with Crippen molar-refractivity contribution in [3.05, 3.63) is 23.4 Å². The Hall–Kier alpha value is -2.11. The Kier molecular flexibility index (Phi) is 6.49. The Morgan fingerprint density at radius 1 is 1.25 bits per heavy atom. The van der Waals surface area contributed by atoms with Gasteiger partial charge in [0.25, 0.3) is 0 Å². The molecule has 1 aliphatic rings. The van der Waals surface area contributed by atoms with Crippen LogP contribution in [0.15, 0.2) is 23.4 Å². The third kappa shape index (κ3) is 5.69. The molecule has 0 aromatic heterocycles. The van der Waals surface area contributed by atoms with E-state index in [0.717, 1.165) is 6.42 Å². The quantitative estimate of drug-likeness (QED) is 0.372. The fraction of sp³-hybridized carbons (Fsp3) is 0.500. The number of nitrogens with one attached hydrogen (secondary N) is 2. The maximum Gasteiger partial charge on any atom is 0.303 e. The van der Waals surface area contributed by atoms with E-state index in [9.17, 15) is 14.4 Å². The van der Waals surface area contributed by atoms with Gasteiger partial charge in [-0.3, -0.25) is 19.8 Å². The number of rotatable bonds is 7. The fourth-order valence-corrected chi connectivity index (χ4v) is 1.83. The van der Waals surface area contributed by atoms with Crippen LogP contribution in [0.3, 0.4) is 0 Å². The lowest BCUT2D eigenvalue weighted by atomic mass is 9.99. The summed E-state index contributed by atoms with van der Waals surface area (Å²) in [5, 5.41) is 8.47. The van der Waals surface area contributed by atoms with Crippen molar-refractivity contribution in [3.63, 3.8) is 0 Å². The van der Waals surface area contributed by atoms with Gasteiger partial charge in [0.15, 0.2) is 5.78 Å². The molecule has 0 bridgehead atoms. The van der Waals surface area contributed by atoms with Crippen LogP contribution in [0, 0.1) is 0 Å². The minimum atomic E-state index is -0.855. The van der Waals surface area contributed by atoms with Crippen molar-refractivity contribution in [2.75, 3.05) is 0 Å². The van der Waals surface area contributed by atoms with Crippen molar-refractivity contribution in [2.45, 2.75) is 45.4 Å². The molecule has 0 spiro atoms. The smallest absolute Gasteiger partial charge is 0.303 e. The van der Waals surface area contributed by atoms with E-state index in [2.05, 4.69) is 10.9 Å². The van der Waals surface area contributed by atoms with Crippen LogP contribution >= 0.6 is 0 Å². The van der Waals surface area contributed by atoms with Gasteiger partial charge in [-0.1, -0.05) is 12.2 Å². The predicted octanol–water partition coefficient (Wildman–Crippen LogP) is 1.45. The van der Waals surface area contributed by atoms with Gasteiger partial charge in [0.1, 0.15) is 0 Å². The van der Waals surface area contributed by atoms with Gasteiger partial charge in [-0.15, -0.1) is 0 Å². The number of Topliss-reactive ketones (excluding diaryl/α,β-unsaturated/α-hetero) is 1. The molecule has 3 N–H and O–H groups in total. The topological polar surface area (TPSA) is 95.5 Å². The molecule has 1 aliphatic carbocycles. The Morgan fingerprint density at radius 2 is 1.95 bits per heavy atom. The molecule has 0 fully saturated rings. The van der Waals surface area contributed by atoms with E-state index >= 15 is 0 Å². The number of carbonyl (C=O) groups excluding carboxylic acids is 2. The summed E-state index contributed by atoms with van der Waals surface area (Å²) in [6, 6.07) is 0.